The molecule has 0 spiro atoms. The van der Waals surface area contributed by atoms with Gasteiger partial charge in [-0.15, -0.1) is 34.0 Å². The lowest BCUT2D eigenvalue weighted by molar-refractivity contribution is 0.640. The highest BCUT2D eigenvalue weighted by Gasteiger charge is 2.25. The van der Waals surface area contributed by atoms with E-state index in [0.717, 1.165) is 0 Å². The maximum absolute atomic E-state index is 2.66. The zero-order valence-corrected chi connectivity index (χ0v) is 63.7. The van der Waals surface area contributed by atoms with Crippen molar-refractivity contribution in [1.82, 2.24) is 0 Å². The molecule has 0 unspecified atom stereocenters. The third-order valence-electron chi connectivity index (χ3n) is 20.8. The summed E-state index contributed by atoms with van der Waals surface area (Å²) in [6.45, 7) is 21.3. The molecule has 0 atom stereocenters. The van der Waals surface area contributed by atoms with Crippen molar-refractivity contribution in [3.05, 3.63) is 139 Å². The van der Waals surface area contributed by atoms with Crippen LogP contribution in [0.3, 0.4) is 0 Å². The normalized spacial score (nSPS) is 11.7. The molecular formula is C90H132S3. The van der Waals surface area contributed by atoms with Crippen LogP contribution >= 0.6 is 34.0 Å². The molecule has 3 aromatic heterocycles. The molecule has 0 N–H and O–H groups in total. The molecule has 0 aliphatic heterocycles. The molecule has 0 nitrogen and oxygen atoms in total. The summed E-state index contributed by atoms with van der Waals surface area (Å²) in [5.41, 5.74) is 28.1. The SMILES string of the molecule is CCCCCCc1ccc(-c2ccsc2-c2cc(-c3ccsc3-c3ccc(CCCCCC)c(CCCCCC)c3CCCCCC)cc(-c3sccc3-c3ccc(CCCCCC)c(CCCCCC)c3CCCCCC)c2)c(CCCCCC)c1CCCCCC. The van der Waals surface area contributed by atoms with Crippen molar-refractivity contribution >= 4 is 34.0 Å². The second kappa shape index (κ2) is 44.7. The lowest BCUT2D eigenvalue weighted by Gasteiger charge is -2.22. The predicted octanol–water partition coefficient (Wildman–Crippen LogP) is 31.0. The minimum atomic E-state index is 1.18. The minimum absolute atomic E-state index is 1.18. The minimum Gasteiger partial charge on any atom is -0.143 e. The van der Waals surface area contributed by atoms with Crippen molar-refractivity contribution in [3.63, 3.8) is 0 Å². The average Bonchev–Trinajstić information content (AvgIpc) is 1.74. The second-order valence-electron chi connectivity index (χ2n) is 28.3. The van der Waals surface area contributed by atoms with Gasteiger partial charge in [0.1, 0.15) is 0 Å². The molecule has 3 heterocycles. The van der Waals surface area contributed by atoms with E-state index in [1.807, 2.05) is 34.0 Å². The van der Waals surface area contributed by atoms with Crippen molar-refractivity contribution in [3.8, 4) is 64.7 Å². The Bertz CT molecular complexity index is 2800. The summed E-state index contributed by atoms with van der Waals surface area (Å²) >= 11 is 5.98. The molecule has 4 aromatic carbocycles. The van der Waals surface area contributed by atoms with E-state index in [0.29, 0.717) is 0 Å². The van der Waals surface area contributed by atoms with Crippen LogP contribution < -0.4 is 0 Å². The van der Waals surface area contributed by atoms with Crippen LogP contribution in [0.4, 0.5) is 0 Å². The van der Waals surface area contributed by atoms with E-state index in [1.165, 1.54) is 354 Å². The van der Waals surface area contributed by atoms with Gasteiger partial charge in [0, 0.05) is 31.3 Å². The summed E-state index contributed by atoms with van der Waals surface area (Å²) in [6.07, 6.45) is 57.8. The molecule has 0 bridgehead atoms. The van der Waals surface area contributed by atoms with Gasteiger partial charge in [-0.1, -0.05) is 272 Å². The van der Waals surface area contributed by atoms with Crippen LogP contribution in [-0.4, -0.2) is 0 Å². The van der Waals surface area contributed by atoms with Crippen LogP contribution in [0, 0.1) is 0 Å². The Morgan fingerprint density at radius 3 is 0.753 bits per heavy atom. The van der Waals surface area contributed by atoms with Crippen molar-refractivity contribution in [2.45, 2.75) is 351 Å². The molecule has 0 saturated carbocycles. The molecule has 0 fully saturated rings. The quantitative estimate of drug-likeness (QED) is 0.0333. The fourth-order valence-corrected chi connectivity index (χ4v) is 18.1. The molecule has 510 valence electrons. The van der Waals surface area contributed by atoms with Crippen molar-refractivity contribution < 1.29 is 0 Å². The second-order valence-corrected chi connectivity index (χ2v) is 31.0. The predicted molar refractivity (Wildman–Crippen MR) is 423 cm³/mol. The van der Waals surface area contributed by atoms with E-state index >= 15 is 0 Å². The molecule has 0 radical (unpaired) electrons. The van der Waals surface area contributed by atoms with E-state index in [4.69, 9.17) is 0 Å². The van der Waals surface area contributed by atoms with Gasteiger partial charge < -0.3 is 0 Å². The molecule has 0 saturated heterocycles. The first-order chi connectivity index (χ1) is 45.9. The molecule has 7 rings (SSSR count). The van der Waals surface area contributed by atoms with Gasteiger partial charge >= 0.3 is 0 Å². The highest BCUT2D eigenvalue weighted by Crippen LogP contribution is 2.49. The monoisotopic (exact) mass is 1310 g/mol. The lowest BCUT2D eigenvalue weighted by atomic mass is 9.84. The van der Waals surface area contributed by atoms with Crippen LogP contribution in [0.25, 0.3) is 64.7 Å². The van der Waals surface area contributed by atoms with Crippen molar-refractivity contribution in [2.24, 2.45) is 0 Å². The first kappa shape index (κ1) is 76.3. The Morgan fingerprint density at radius 1 is 0.194 bits per heavy atom. The molecule has 0 amide bonds. The summed E-state index contributed by atoms with van der Waals surface area (Å²) in [5, 5.41) is 7.33. The Morgan fingerprint density at radius 2 is 0.441 bits per heavy atom. The number of aryl methyl sites for hydroxylation is 3. The average molecular weight is 1310 g/mol. The fraction of sp³-hybridized carbons (Fsp3) is 0.600. The van der Waals surface area contributed by atoms with Gasteiger partial charge in [-0.25, -0.2) is 0 Å². The van der Waals surface area contributed by atoms with Crippen LogP contribution in [0.1, 0.15) is 344 Å². The van der Waals surface area contributed by atoms with Gasteiger partial charge in [0.2, 0.25) is 0 Å². The molecule has 3 heteroatoms. The summed E-state index contributed by atoms with van der Waals surface area (Å²) in [6, 6.07) is 31.2. The highest BCUT2D eigenvalue weighted by molar-refractivity contribution is 7.15. The summed E-state index contributed by atoms with van der Waals surface area (Å²) in [4.78, 5) is 4.35. The first-order valence-corrected chi connectivity index (χ1v) is 42.3. The number of hydrogen-bond acceptors (Lipinski definition) is 3. The van der Waals surface area contributed by atoms with E-state index in [-0.39, 0.29) is 0 Å². The largest absolute Gasteiger partial charge is 0.143 e. The van der Waals surface area contributed by atoms with Gasteiger partial charge in [-0.05, 0) is 252 Å². The third kappa shape index (κ3) is 23.3. The number of benzene rings is 4. The smallest absolute Gasteiger partial charge is 0.0423 e. The molecule has 7 aromatic rings. The van der Waals surface area contributed by atoms with Gasteiger partial charge in [0.25, 0.3) is 0 Å². The number of rotatable bonds is 51. The van der Waals surface area contributed by atoms with Gasteiger partial charge in [-0.3, -0.25) is 0 Å². The zero-order chi connectivity index (χ0) is 65.7. The summed E-state index contributed by atoms with van der Waals surface area (Å²) < 4.78 is 0. The summed E-state index contributed by atoms with van der Waals surface area (Å²) in [5.74, 6) is 0. The van der Waals surface area contributed by atoms with E-state index in [1.54, 1.807) is 50.1 Å². The molecule has 0 aliphatic rings. The molecule has 93 heavy (non-hydrogen) atoms. The van der Waals surface area contributed by atoms with Crippen molar-refractivity contribution in [1.29, 1.82) is 0 Å². The molecule has 0 aliphatic carbocycles. The van der Waals surface area contributed by atoms with Crippen molar-refractivity contribution in [2.75, 3.05) is 0 Å². The van der Waals surface area contributed by atoms with E-state index in [2.05, 4.69) is 151 Å². The van der Waals surface area contributed by atoms with E-state index < -0.39 is 0 Å². The first-order valence-electron chi connectivity index (χ1n) is 39.7. The van der Waals surface area contributed by atoms with Crippen LogP contribution in [0.15, 0.2) is 88.9 Å². The lowest BCUT2D eigenvalue weighted by Crippen LogP contribution is -2.05. The zero-order valence-electron chi connectivity index (χ0n) is 61.2. The van der Waals surface area contributed by atoms with E-state index in [9.17, 15) is 0 Å². The van der Waals surface area contributed by atoms with Gasteiger partial charge in [0.05, 0.1) is 0 Å². The van der Waals surface area contributed by atoms with Crippen LogP contribution in [0.5, 0.6) is 0 Å². The maximum Gasteiger partial charge on any atom is 0.0423 e. The Labute approximate surface area is 584 Å². The summed E-state index contributed by atoms with van der Waals surface area (Å²) in [7, 11) is 0. The number of unbranched alkanes of at least 4 members (excludes halogenated alkanes) is 27. The Kier molecular flexibility index (Phi) is 36.7. The van der Waals surface area contributed by atoms with Crippen LogP contribution in [0.2, 0.25) is 0 Å². The fourth-order valence-electron chi connectivity index (χ4n) is 15.3. The molecular weight excluding hydrogens is 1180 g/mol. The number of hydrogen-bond donors (Lipinski definition) is 0. The maximum atomic E-state index is 2.66. The standard InChI is InChI=1S/C90H132S3/c1-10-19-28-37-46-70-55-58-83(80(52-43-34-25-16-7)76(70)49-40-31-22-13-4)86-62-65-91-88(86)74-67-73(79-61-64-93-90(79)85-60-57-72(48-39-30-21-12-3)78(51-42-33-24-15-6)82(85)54-45-36-27-18-9)68-75(69-74)89-87(63-66-92-89)84-59-56-71(47-38-29-20-11-2)77(50-41-32-23-14-5)81(84)53-44-35-26-17-8/h55-69H,10-54H2,1-9H3. The third-order valence-corrected chi connectivity index (χ3v) is 23.6. The topological polar surface area (TPSA) is 0 Å². The van der Waals surface area contributed by atoms with Gasteiger partial charge in [0.15, 0.2) is 0 Å². The highest BCUT2D eigenvalue weighted by atomic mass is 32.1. The Hall–Kier alpha value is -4.02. The Balaban J connectivity index is 1.49. The number of thiophene rings is 3. The van der Waals surface area contributed by atoms with Crippen LogP contribution in [-0.2, 0) is 57.8 Å². The van der Waals surface area contributed by atoms with Gasteiger partial charge in [-0.2, -0.15) is 0 Å².